The minimum atomic E-state index is -0.911. The quantitative estimate of drug-likeness (QED) is 0.616. The predicted molar refractivity (Wildman–Crippen MR) is 72.5 cm³/mol. The molecule has 0 spiro atoms. The van der Waals surface area contributed by atoms with E-state index in [-0.39, 0.29) is 11.4 Å². The van der Waals surface area contributed by atoms with E-state index in [9.17, 15) is 9.59 Å². The van der Waals surface area contributed by atoms with Crippen LogP contribution in [0.4, 0.5) is 0 Å². The lowest BCUT2D eigenvalue weighted by Crippen LogP contribution is -2.21. The van der Waals surface area contributed by atoms with Gasteiger partial charge in [0.05, 0.1) is 12.0 Å². The standard InChI is InChI=1S/C14H18O4S/c1-2-3-8-18-13(17)14(6-7-14)9-10-4-5-11(19-10)12(15)16/h4-5H,2-3,6-9H2,1H3,(H,15,16). The maximum atomic E-state index is 12.0. The van der Waals surface area contributed by atoms with Gasteiger partial charge in [0.2, 0.25) is 0 Å². The van der Waals surface area contributed by atoms with Crippen molar-refractivity contribution in [1.82, 2.24) is 0 Å². The third kappa shape index (κ3) is 3.35. The molecule has 0 atom stereocenters. The maximum absolute atomic E-state index is 12.0. The van der Waals surface area contributed by atoms with E-state index in [0.29, 0.717) is 17.9 Å². The minimum absolute atomic E-state index is 0.119. The molecule has 5 heteroatoms. The molecule has 1 aromatic rings. The first kappa shape index (κ1) is 14.1. The first-order chi connectivity index (χ1) is 9.07. The van der Waals surface area contributed by atoms with Crippen LogP contribution in [0.2, 0.25) is 0 Å². The van der Waals surface area contributed by atoms with Crippen LogP contribution in [-0.4, -0.2) is 23.7 Å². The molecule has 1 aromatic heterocycles. The second-order valence-electron chi connectivity index (χ2n) is 5.02. The second kappa shape index (κ2) is 5.74. The van der Waals surface area contributed by atoms with Crippen LogP contribution in [0.5, 0.6) is 0 Å². The molecule has 104 valence electrons. The Morgan fingerprint density at radius 2 is 2.16 bits per heavy atom. The molecule has 1 heterocycles. The molecule has 19 heavy (non-hydrogen) atoms. The van der Waals surface area contributed by atoms with Crippen molar-refractivity contribution in [3.63, 3.8) is 0 Å². The Morgan fingerprint density at radius 3 is 2.68 bits per heavy atom. The molecule has 0 amide bonds. The summed E-state index contributed by atoms with van der Waals surface area (Å²) in [6.07, 6.45) is 4.20. The van der Waals surface area contributed by atoms with Gasteiger partial charge < -0.3 is 9.84 Å². The summed E-state index contributed by atoms with van der Waals surface area (Å²) in [7, 11) is 0. The molecule has 0 bridgehead atoms. The molecule has 1 aliphatic rings. The number of carboxylic acid groups (broad SMARTS) is 1. The van der Waals surface area contributed by atoms with Gasteiger partial charge in [-0.1, -0.05) is 13.3 Å². The van der Waals surface area contributed by atoms with Crippen molar-refractivity contribution in [2.24, 2.45) is 5.41 Å². The van der Waals surface area contributed by atoms with Gasteiger partial charge >= 0.3 is 11.9 Å². The molecular weight excluding hydrogens is 264 g/mol. The zero-order chi connectivity index (χ0) is 13.9. The van der Waals surface area contributed by atoms with Crippen LogP contribution >= 0.6 is 11.3 Å². The number of thiophene rings is 1. The monoisotopic (exact) mass is 282 g/mol. The summed E-state index contributed by atoms with van der Waals surface area (Å²) < 4.78 is 5.29. The lowest BCUT2D eigenvalue weighted by molar-refractivity contribution is -0.150. The second-order valence-corrected chi connectivity index (χ2v) is 6.19. The Morgan fingerprint density at radius 1 is 1.42 bits per heavy atom. The summed E-state index contributed by atoms with van der Waals surface area (Å²) in [5, 5.41) is 8.88. The number of carboxylic acids is 1. The molecule has 0 unspecified atom stereocenters. The van der Waals surface area contributed by atoms with Gasteiger partial charge in [0.15, 0.2) is 0 Å². The van der Waals surface area contributed by atoms with Crippen LogP contribution < -0.4 is 0 Å². The molecule has 1 aliphatic carbocycles. The van der Waals surface area contributed by atoms with Crippen molar-refractivity contribution < 1.29 is 19.4 Å². The van der Waals surface area contributed by atoms with E-state index in [1.165, 1.54) is 11.3 Å². The number of esters is 1. The number of carbonyl (C=O) groups is 2. The zero-order valence-electron chi connectivity index (χ0n) is 11.0. The van der Waals surface area contributed by atoms with Gasteiger partial charge in [-0.2, -0.15) is 0 Å². The highest BCUT2D eigenvalue weighted by molar-refractivity contribution is 7.13. The summed E-state index contributed by atoms with van der Waals surface area (Å²) in [6, 6.07) is 3.40. The largest absolute Gasteiger partial charge is 0.477 e. The fourth-order valence-corrected chi connectivity index (χ4v) is 2.98. The lowest BCUT2D eigenvalue weighted by Gasteiger charge is -2.13. The Labute approximate surface area is 116 Å². The predicted octanol–water partition coefficient (Wildman–Crippen LogP) is 3.11. The van der Waals surface area contributed by atoms with Crippen LogP contribution in [0.25, 0.3) is 0 Å². The fraction of sp³-hybridized carbons (Fsp3) is 0.571. The van der Waals surface area contributed by atoms with E-state index < -0.39 is 5.97 Å². The van der Waals surface area contributed by atoms with Crippen molar-refractivity contribution in [2.45, 2.75) is 39.0 Å². The van der Waals surface area contributed by atoms with Gasteiger partial charge in [0.25, 0.3) is 0 Å². The van der Waals surface area contributed by atoms with Crippen molar-refractivity contribution >= 4 is 23.3 Å². The molecule has 1 N–H and O–H groups in total. The number of hydrogen-bond donors (Lipinski definition) is 1. The highest BCUT2D eigenvalue weighted by Crippen LogP contribution is 2.50. The number of aromatic carboxylic acids is 1. The van der Waals surface area contributed by atoms with Crippen molar-refractivity contribution in [2.75, 3.05) is 6.61 Å². The Bertz CT molecular complexity index is 474. The van der Waals surface area contributed by atoms with Crippen molar-refractivity contribution in [3.05, 3.63) is 21.9 Å². The molecule has 4 nitrogen and oxygen atoms in total. The summed E-state index contributed by atoms with van der Waals surface area (Å²) in [6.45, 7) is 2.54. The number of ether oxygens (including phenoxy) is 1. The normalized spacial score (nSPS) is 16.1. The summed E-state index contributed by atoms with van der Waals surface area (Å²) in [5.74, 6) is -1.03. The molecular formula is C14H18O4S. The van der Waals surface area contributed by atoms with Crippen LogP contribution in [0, 0.1) is 5.41 Å². The summed E-state index contributed by atoms with van der Waals surface area (Å²) in [5.41, 5.74) is -0.381. The molecule has 0 saturated heterocycles. The number of unbranched alkanes of at least 4 members (excludes halogenated alkanes) is 1. The van der Waals surface area contributed by atoms with Gasteiger partial charge in [-0.3, -0.25) is 4.79 Å². The first-order valence-electron chi connectivity index (χ1n) is 6.56. The minimum Gasteiger partial charge on any atom is -0.477 e. The van der Waals surface area contributed by atoms with Gasteiger partial charge in [-0.05, 0) is 37.8 Å². The number of rotatable bonds is 7. The molecule has 0 radical (unpaired) electrons. The average molecular weight is 282 g/mol. The highest BCUT2D eigenvalue weighted by atomic mass is 32.1. The van der Waals surface area contributed by atoms with E-state index >= 15 is 0 Å². The number of carbonyl (C=O) groups excluding carboxylic acids is 1. The van der Waals surface area contributed by atoms with Crippen molar-refractivity contribution in [1.29, 1.82) is 0 Å². The molecule has 0 aliphatic heterocycles. The van der Waals surface area contributed by atoms with Gasteiger partial charge in [-0.15, -0.1) is 11.3 Å². The van der Waals surface area contributed by atoms with E-state index in [1.807, 2.05) is 0 Å². The molecule has 1 saturated carbocycles. The van der Waals surface area contributed by atoms with E-state index in [2.05, 4.69) is 6.92 Å². The van der Waals surface area contributed by atoms with E-state index in [1.54, 1.807) is 12.1 Å². The first-order valence-corrected chi connectivity index (χ1v) is 7.38. The average Bonchev–Trinajstić information content (AvgIpc) is 2.99. The highest BCUT2D eigenvalue weighted by Gasteiger charge is 2.51. The summed E-state index contributed by atoms with van der Waals surface area (Å²) in [4.78, 5) is 24.1. The van der Waals surface area contributed by atoms with E-state index in [0.717, 1.165) is 30.6 Å². The lowest BCUT2D eigenvalue weighted by atomic mass is 10.0. The number of hydrogen-bond acceptors (Lipinski definition) is 4. The Balaban J connectivity index is 1.93. The Hall–Kier alpha value is -1.36. The SMILES string of the molecule is CCCCOC(=O)C1(Cc2ccc(C(=O)O)s2)CC1. The Kier molecular flexibility index (Phi) is 4.24. The molecule has 2 rings (SSSR count). The fourth-order valence-electron chi connectivity index (χ4n) is 1.99. The third-order valence-corrected chi connectivity index (χ3v) is 4.48. The topological polar surface area (TPSA) is 63.6 Å². The molecule has 1 fully saturated rings. The smallest absolute Gasteiger partial charge is 0.345 e. The molecule has 0 aromatic carbocycles. The third-order valence-electron chi connectivity index (χ3n) is 3.40. The van der Waals surface area contributed by atoms with Crippen LogP contribution in [0.15, 0.2) is 12.1 Å². The van der Waals surface area contributed by atoms with E-state index in [4.69, 9.17) is 9.84 Å². The summed E-state index contributed by atoms with van der Waals surface area (Å²) >= 11 is 1.25. The van der Waals surface area contributed by atoms with Crippen LogP contribution in [-0.2, 0) is 16.0 Å². The van der Waals surface area contributed by atoms with Crippen molar-refractivity contribution in [3.8, 4) is 0 Å². The maximum Gasteiger partial charge on any atom is 0.345 e. The van der Waals surface area contributed by atoms with Crippen LogP contribution in [0.1, 0.15) is 47.2 Å². The van der Waals surface area contributed by atoms with Gasteiger partial charge in [0, 0.05) is 4.88 Å². The van der Waals surface area contributed by atoms with Crippen LogP contribution in [0.3, 0.4) is 0 Å². The van der Waals surface area contributed by atoms with Gasteiger partial charge in [-0.25, -0.2) is 4.79 Å². The zero-order valence-corrected chi connectivity index (χ0v) is 11.8. The van der Waals surface area contributed by atoms with Gasteiger partial charge in [0.1, 0.15) is 4.88 Å².